The van der Waals surface area contributed by atoms with Crippen LogP contribution in [0.4, 0.5) is 5.69 Å². The largest absolute Gasteiger partial charge is 0.309 e. The van der Waals surface area contributed by atoms with Crippen LogP contribution in [0.15, 0.2) is 12.4 Å². The van der Waals surface area contributed by atoms with E-state index >= 15 is 0 Å². The summed E-state index contributed by atoms with van der Waals surface area (Å²) in [7, 11) is 0. The average molecular weight is 319 g/mol. The maximum Gasteiger partial charge on any atom is 0.227 e. The van der Waals surface area contributed by atoms with E-state index in [1.54, 1.807) is 4.90 Å². The van der Waals surface area contributed by atoms with Crippen molar-refractivity contribution in [1.82, 2.24) is 4.98 Å². The Hall–Kier alpha value is -0.780. The Bertz CT molecular complexity index is 504. The van der Waals surface area contributed by atoms with E-state index in [9.17, 15) is 9.59 Å². The van der Waals surface area contributed by atoms with Gasteiger partial charge in [-0.25, -0.2) is 0 Å². The quantitative estimate of drug-likeness (QED) is 0.859. The SMILES string of the molecule is CC(=O)SCC1CC(=O)N(c2c(Cl)cncc2Cl)C1. The number of anilines is 1. The van der Waals surface area contributed by atoms with Crippen LogP contribution in [0.5, 0.6) is 0 Å². The lowest BCUT2D eigenvalue weighted by atomic mass is 10.1. The van der Waals surface area contributed by atoms with Crippen molar-refractivity contribution < 1.29 is 9.59 Å². The molecule has 7 heteroatoms. The van der Waals surface area contributed by atoms with E-state index in [4.69, 9.17) is 23.2 Å². The van der Waals surface area contributed by atoms with Crippen LogP contribution in [0.1, 0.15) is 13.3 Å². The van der Waals surface area contributed by atoms with E-state index in [1.807, 2.05) is 0 Å². The molecule has 0 bridgehead atoms. The summed E-state index contributed by atoms with van der Waals surface area (Å²) < 4.78 is 0. The Kier molecular flexibility index (Phi) is 4.71. The zero-order valence-corrected chi connectivity index (χ0v) is 12.6. The molecule has 19 heavy (non-hydrogen) atoms. The predicted molar refractivity (Wildman–Crippen MR) is 77.9 cm³/mol. The Labute approximate surface area is 125 Å². The Morgan fingerprint density at radius 3 is 2.68 bits per heavy atom. The maximum atomic E-state index is 12.0. The van der Waals surface area contributed by atoms with E-state index in [0.29, 0.717) is 34.5 Å². The van der Waals surface area contributed by atoms with E-state index in [-0.39, 0.29) is 16.9 Å². The molecule has 1 aromatic heterocycles. The first-order chi connectivity index (χ1) is 8.99. The topological polar surface area (TPSA) is 50.3 Å². The Morgan fingerprint density at radius 1 is 1.47 bits per heavy atom. The average Bonchev–Trinajstić information content (AvgIpc) is 2.68. The molecular weight excluding hydrogens is 307 g/mol. The maximum absolute atomic E-state index is 12.0. The summed E-state index contributed by atoms with van der Waals surface area (Å²) in [5.74, 6) is 0.753. The fourth-order valence-corrected chi connectivity index (χ4v) is 3.27. The molecule has 0 saturated carbocycles. The Balaban J connectivity index is 2.14. The molecule has 0 spiro atoms. The third-order valence-corrected chi connectivity index (χ3v) is 4.42. The molecule has 1 fully saturated rings. The van der Waals surface area contributed by atoms with Crippen molar-refractivity contribution in [3.05, 3.63) is 22.4 Å². The highest BCUT2D eigenvalue weighted by Crippen LogP contribution is 2.36. The number of halogens is 2. The number of hydrogen-bond donors (Lipinski definition) is 0. The highest BCUT2D eigenvalue weighted by atomic mass is 35.5. The smallest absolute Gasteiger partial charge is 0.227 e. The van der Waals surface area contributed by atoms with Crippen molar-refractivity contribution in [3.8, 4) is 0 Å². The number of rotatable bonds is 3. The second-order valence-electron chi connectivity index (χ2n) is 4.33. The zero-order chi connectivity index (χ0) is 14.0. The van der Waals surface area contributed by atoms with Gasteiger partial charge in [0, 0.05) is 38.0 Å². The van der Waals surface area contributed by atoms with Crippen LogP contribution in [0, 0.1) is 5.92 Å². The fourth-order valence-electron chi connectivity index (χ4n) is 2.01. The van der Waals surface area contributed by atoms with Crippen LogP contribution < -0.4 is 4.90 Å². The molecule has 1 aliphatic heterocycles. The molecule has 2 rings (SSSR count). The first kappa shape index (κ1) is 14.6. The minimum absolute atomic E-state index is 0.0239. The van der Waals surface area contributed by atoms with Crippen molar-refractivity contribution in [2.24, 2.45) is 5.92 Å². The van der Waals surface area contributed by atoms with E-state index in [0.717, 1.165) is 0 Å². The number of aromatic nitrogens is 1. The van der Waals surface area contributed by atoms with Gasteiger partial charge < -0.3 is 4.90 Å². The molecule has 0 aromatic carbocycles. The molecule has 102 valence electrons. The highest BCUT2D eigenvalue weighted by molar-refractivity contribution is 8.13. The van der Waals surface area contributed by atoms with Crippen molar-refractivity contribution in [2.75, 3.05) is 17.2 Å². The molecule has 1 unspecified atom stereocenters. The van der Waals surface area contributed by atoms with Crippen molar-refractivity contribution in [2.45, 2.75) is 13.3 Å². The third-order valence-electron chi connectivity index (χ3n) is 2.83. The number of hydrogen-bond acceptors (Lipinski definition) is 4. The number of carbonyl (C=O) groups is 2. The molecule has 1 aliphatic rings. The molecule has 0 aliphatic carbocycles. The molecule has 1 aromatic rings. The van der Waals surface area contributed by atoms with Gasteiger partial charge in [-0.15, -0.1) is 0 Å². The fraction of sp³-hybridized carbons (Fsp3) is 0.417. The van der Waals surface area contributed by atoms with E-state index < -0.39 is 0 Å². The third kappa shape index (κ3) is 3.41. The molecule has 0 N–H and O–H groups in total. The second-order valence-corrected chi connectivity index (χ2v) is 6.34. The normalized spacial score (nSPS) is 19.0. The van der Waals surface area contributed by atoms with Crippen LogP contribution in [0.3, 0.4) is 0 Å². The molecule has 2 heterocycles. The number of carbonyl (C=O) groups excluding carboxylic acids is 2. The number of thioether (sulfide) groups is 1. The van der Waals surface area contributed by atoms with Crippen molar-refractivity contribution in [1.29, 1.82) is 0 Å². The van der Waals surface area contributed by atoms with Crippen LogP contribution >= 0.6 is 35.0 Å². The molecule has 1 amide bonds. The monoisotopic (exact) mass is 318 g/mol. The lowest BCUT2D eigenvalue weighted by Crippen LogP contribution is -2.25. The standard InChI is InChI=1S/C12H12Cl2N2O2S/c1-7(17)19-6-8-2-11(18)16(5-8)12-9(13)3-15-4-10(12)14/h3-4,8H,2,5-6H2,1H3. The lowest BCUT2D eigenvalue weighted by Gasteiger charge is -2.19. The minimum atomic E-state index is -0.0239. The molecule has 0 radical (unpaired) electrons. The van der Waals surface area contributed by atoms with Crippen LogP contribution in [0.2, 0.25) is 10.0 Å². The van der Waals surface area contributed by atoms with Gasteiger partial charge in [-0.3, -0.25) is 14.6 Å². The van der Waals surface area contributed by atoms with Gasteiger partial charge in [-0.05, 0) is 5.92 Å². The lowest BCUT2D eigenvalue weighted by molar-refractivity contribution is -0.117. The molecule has 1 saturated heterocycles. The number of nitrogens with zero attached hydrogens (tertiary/aromatic N) is 2. The summed E-state index contributed by atoms with van der Waals surface area (Å²) in [5, 5.41) is 0.785. The molecule has 1 atom stereocenters. The summed E-state index contributed by atoms with van der Waals surface area (Å²) in [5.41, 5.74) is 0.513. The van der Waals surface area contributed by atoms with Crippen molar-refractivity contribution in [3.63, 3.8) is 0 Å². The predicted octanol–water partition coefficient (Wildman–Crippen LogP) is 3.02. The van der Waals surface area contributed by atoms with E-state index in [2.05, 4.69) is 4.98 Å². The zero-order valence-electron chi connectivity index (χ0n) is 10.2. The minimum Gasteiger partial charge on any atom is -0.309 e. The first-order valence-electron chi connectivity index (χ1n) is 5.71. The Morgan fingerprint density at radius 2 is 2.11 bits per heavy atom. The van der Waals surface area contributed by atoms with Gasteiger partial charge in [0.05, 0.1) is 15.7 Å². The number of amides is 1. The van der Waals surface area contributed by atoms with Crippen LogP contribution in [-0.4, -0.2) is 28.3 Å². The van der Waals surface area contributed by atoms with Gasteiger partial charge >= 0.3 is 0 Å². The first-order valence-corrected chi connectivity index (χ1v) is 7.46. The second kappa shape index (κ2) is 6.11. The molecule has 4 nitrogen and oxygen atoms in total. The van der Waals surface area contributed by atoms with Crippen molar-refractivity contribution >= 4 is 51.7 Å². The van der Waals surface area contributed by atoms with Gasteiger partial charge in [0.1, 0.15) is 0 Å². The summed E-state index contributed by atoms with van der Waals surface area (Å²) in [6.07, 6.45) is 3.34. The summed E-state index contributed by atoms with van der Waals surface area (Å²) in [6.45, 7) is 2.05. The van der Waals surface area contributed by atoms with Gasteiger partial charge in [-0.2, -0.15) is 0 Å². The van der Waals surface area contributed by atoms with Gasteiger partial charge in [0.2, 0.25) is 5.91 Å². The summed E-state index contributed by atoms with van der Waals surface area (Å²) in [6, 6.07) is 0. The summed E-state index contributed by atoms with van der Waals surface area (Å²) in [4.78, 5) is 28.4. The van der Waals surface area contributed by atoms with Gasteiger partial charge in [-0.1, -0.05) is 35.0 Å². The van der Waals surface area contributed by atoms with Gasteiger partial charge in [0.25, 0.3) is 0 Å². The van der Waals surface area contributed by atoms with Crippen LogP contribution in [0.25, 0.3) is 0 Å². The highest BCUT2D eigenvalue weighted by Gasteiger charge is 2.33. The van der Waals surface area contributed by atoms with Crippen LogP contribution in [-0.2, 0) is 9.59 Å². The number of pyridine rings is 1. The van der Waals surface area contributed by atoms with E-state index in [1.165, 1.54) is 31.1 Å². The summed E-state index contributed by atoms with van der Waals surface area (Å²) >= 11 is 13.3. The van der Waals surface area contributed by atoms with Gasteiger partial charge in [0.15, 0.2) is 5.12 Å². The molecular formula is C12H12Cl2N2O2S.